The van der Waals surface area contributed by atoms with Gasteiger partial charge in [0.1, 0.15) is 0 Å². The van der Waals surface area contributed by atoms with Crippen LogP contribution in [-0.4, -0.2) is 65.2 Å². The highest BCUT2D eigenvalue weighted by Gasteiger charge is 2.97. The Morgan fingerprint density at radius 1 is 0.324 bits per heavy atom. The van der Waals surface area contributed by atoms with Crippen molar-refractivity contribution in [2.24, 2.45) is 0 Å². The summed E-state index contributed by atoms with van der Waals surface area (Å²) < 4.78 is 273. The Balaban J connectivity index is 7.01. The minimum atomic E-state index is -9.14. The molecule has 0 bridgehead atoms. The van der Waals surface area contributed by atoms with E-state index in [1.807, 2.05) is 0 Å². The van der Waals surface area contributed by atoms with Crippen molar-refractivity contribution in [1.29, 1.82) is 0 Å². The first-order valence-electron chi connectivity index (χ1n) is 7.39. The zero-order valence-corrected chi connectivity index (χ0v) is 15.7. The average molecular weight is 580 g/mol. The molecule has 0 fully saturated rings. The quantitative estimate of drug-likeness (QED) is 0.200. The van der Waals surface area contributed by atoms with E-state index >= 15 is 0 Å². The van der Waals surface area contributed by atoms with Crippen LogP contribution >= 0.6 is 12.6 Å². The van der Waals surface area contributed by atoms with Crippen molar-refractivity contribution in [3.8, 4) is 0 Å². The van der Waals surface area contributed by atoms with Gasteiger partial charge in [0.2, 0.25) is 0 Å². The second-order valence-corrected chi connectivity index (χ2v) is 6.72. The van der Waals surface area contributed by atoms with Crippen molar-refractivity contribution in [3.05, 3.63) is 0 Å². The molecule has 0 aromatic carbocycles. The summed E-state index contributed by atoms with van der Waals surface area (Å²) in [6, 6.07) is 0. The van der Waals surface area contributed by atoms with Crippen LogP contribution in [0.1, 0.15) is 6.42 Å². The molecule has 0 unspecified atom stereocenters. The molecule has 0 atom stereocenters. The molecule has 0 aliphatic rings. The van der Waals surface area contributed by atoms with Crippen LogP contribution in [0, 0.1) is 0 Å². The molecule has 0 saturated heterocycles. The van der Waals surface area contributed by atoms with Crippen LogP contribution in [-0.2, 0) is 0 Å². The van der Waals surface area contributed by atoms with E-state index in [1.165, 1.54) is 0 Å². The van der Waals surface area contributed by atoms with Crippen LogP contribution in [0.2, 0.25) is 0 Å². The molecule has 0 N–H and O–H groups in total. The van der Waals surface area contributed by atoms with Gasteiger partial charge in [0, 0.05) is 6.42 Å². The first-order valence-corrected chi connectivity index (χ1v) is 8.02. The molecule has 0 aromatic rings. The first kappa shape index (κ1) is 32.9. The zero-order chi connectivity index (χ0) is 28.4. The molecular weight excluding hydrogens is 575 g/mol. The lowest BCUT2D eigenvalue weighted by molar-refractivity contribution is -0.474. The molecule has 0 amide bonds. The SMILES string of the molecule is FC(F)(F)C(F)(F)C(F)(F)C(F)(F)C(F)(F)C(F)(F)C(F)(F)C(F)(F)C(F)(F)C(F)(F)CCS. The van der Waals surface area contributed by atoms with E-state index in [9.17, 15) is 92.2 Å². The van der Waals surface area contributed by atoms with Crippen molar-refractivity contribution < 1.29 is 92.2 Å². The second kappa shape index (κ2) is 8.20. The van der Waals surface area contributed by atoms with Crippen molar-refractivity contribution in [3.63, 3.8) is 0 Å². The highest BCUT2D eigenvalue weighted by atomic mass is 32.1. The van der Waals surface area contributed by atoms with Crippen LogP contribution < -0.4 is 0 Å². The maximum atomic E-state index is 13.4. The molecule has 0 radical (unpaired) electrons. The Labute approximate surface area is 177 Å². The Bertz CT molecular complexity index is 731. The monoisotopic (exact) mass is 580 g/mol. The molecular formula is C12H5F21S. The molecule has 22 heteroatoms. The van der Waals surface area contributed by atoms with Crippen molar-refractivity contribution in [2.75, 3.05) is 5.75 Å². The van der Waals surface area contributed by atoms with Crippen LogP contribution in [0.15, 0.2) is 0 Å². The maximum absolute atomic E-state index is 13.4. The van der Waals surface area contributed by atoms with Crippen molar-refractivity contribution in [1.82, 2.24) is 0 Å². The Morgan fingerprint density at radius 3 is 0.735 bits per heavy atom. The summed E-state index contributed by atoms with van der Waals surface area (Å²) in [7, 11) is 0. The molecule has 0 heterocycles. The van der Waals surface area contributed by atoms with Gasteiger partial charge in [0.15, 0.2) is 0 Å². The summed E-state index contributed by atoms with van der Waals surface area (Å²) in [6.45, 7) is 0. The van der Waals surface area contributed by atoms with Gasteiger partial charge in [0.05, 0.1) is 0 Å². The fraction of sp³-hybridized carbons (Fsp3) is 1.00. The molecule has 0 aliphatic heterocycles. The van der Waals surface area contributed by atoms with Gasteiger partial charge in [0.25, 0.3) is 0 Å². The Morgan fingerprint density at radius 2 is 0.529 bits per heavy atom. The maximum Gasteiger partial charge on any atom is 0.460 e. The molecule has 0 spiro atoms. The minimum Gasteiger partial charge on any atom is -0.200 e. The lowest BCUT2D eigenvalue weighted by atomic mass is 9.86. The average Bonchev–Trinajstić information content (AvgIpc) is 2.59. The van der Waals surface area contributed by atoms with Gasteiger partial charge in [-0.3, -0.25) is 0 Å². The number of alkyl halides is 21. The van der Waals surface area contributed by atoms with Gasteiger partial charge >= 0.3 is 59.5 Å². The summed E-state index contributed by atoms with van der Waals surface area (Å²) >= 11 is 2.78. The third-order valence-corrected chi connectivity index (χ3v) is 4.23. The van der Waals surface area contributed by atoms with Gasteiger partial charge in [-0.15, -0.1) is 0 Å². The Kier molecular flexibility index (Phi) is 7.93. The molecule has 206 valence electrons. The molecule has 0 saturated carbocycles. The van der Waals surface area contributed by atoms with Gasteiger partial charge in [-0.2, -0.15) is 105 Å². The highest BCUT2D eigenvalue weighted by molar-refractivity contribution is 7.80. The molecule has 0 aliphatic carbocycles. The summed E-state index contributed by atoms with van der Waals surface area (Å²) in [5.74, 6) is -78.0. The van der Waals surface area contributed by atoms with Crippen molar-refractivity contribution in [2.45, 2.75) is 65.9 Å². The van der Waals surface area contributed by atoms with E-state index in [1.54, 1.807) is 0 Å². The first-order chi connectivity index (χ1) is 14.3. The van der Waals surface area contributed by atoms with Gasteiger partial charge in [-0.1, -0.05) is 0 Å². The van der Waals surface area contributed by atoms with Gasteiger partial charge in [-0.25, -0.2) is 0 Å². The van der Waals surface area contributed by atoms with Crippen LogP contribution in [0.5, 0.6) is 0 Å². The fourth-order valence-electron chi connectivity index (χ4n) is 1.89. The number of hydrogen-bond donors (Lipinski definition) is 1. The van der Waals surface area contributed by atoms with Gasteiger partial charge in [-0.05, 0) is 5.75 Å². The fourth-order valence-corrected chi connectivity index (χ4v) is 2.17. The molecule has 0 rings (SSSR count). The third-order valence-electron chi connectivity index (χ3n) is 4.00. The van der Waals surface area contributed by atoms with Crippen molar-refractivity contribution >= 4 is 12.6 Å². The minimum absolute atomic E-state index is 1.62. The van der Waals surface area contributed by atoms with E-state index in [4.69, 9.17) is 0 Å². The summed E-state index contributed by atoms with van der Waals surface area (Å²) in [5.41, 5.74) is 0. The summed E-state index contributed by atoms with van der Waals surface area (Å²) in [6.07, 6.45) is -10.7. The van der Waals surface area contributed by atoms with E-state index in [-0.39, 0.29) is 0 Å². The largest absolute Gasteiger partial charge is 0.460 e. The molecule has 0 nitrogen and oxygen atoms in total. The zero-order valence-electron chi connectivity index (χ0n) is 14.8. The summed E-state index contributed by atoms with van der Waals surface area (Å²) in [5, 5.41) is 0. The predicted octanol–water partition coefficient (Wildman–Crippen LogP) is 7.59. The number of thiol groups is 1. The van der Waals surface area contributed by atoms with Crippen LogP contribution in [0.25, 0.3) is 0 Å². The van der Waals surface area contributed by atoms with E-state index in [2.05, 4.69) is 12.6 Å². The topological polar surface area (TPSA) is 0 Å². The number of halogens is 21. The smallest absolute Gasteiger partial charge is 0.200 e. The van der Waals surface area contributed by atoms with E-state index in [0.717, 1.165) is 0 Å². The number of hydrogen-bond acceptors (Lipinski definition) is 1. The van der Waals surface area contributed by atoms with Crippen LogP contribution in [0.4, 0.5) is 92.2 Å². The molecule has 34 heavy (non-hydrogen) atoms. The predicted molar refractivity (Wildman–Crippen MR) is 69.0 cm³/mol. The Hall–Kier alpha value is -1.12. The molecule has 0 aromatic heterocycles. The van der Waals surface area contributed by atoms with E-state index < -0.39 is 71.7 Å². The second-order valence-electron chi connectivity index (χ2n) is 6.27. The number of rotatable bonds is 10. The highest BCUT2D eigenvalue weighted by Crippen LogP contribution is 2.66. The van der Waals surface area contributed by atoms with Gasteiger partial charge < -0.3 is 0 Å². The standard InChI is InChI=1S/C12H5F21S/c13-3(14,1-2-34)4(15,16)5(17,18)6(19,20)7(21,22)8(23,24)9(25,26)10(27,28)11(29,30)12(31,32)33/h34H,1-2H2. The van der Waals surface area contributed by atoms with Crippen LogP contribution in [0.3, 0.4) is 0 Å². The normalized spacial score (nSPS) is 16.8. The summed E-state index contributed by atoms with van der Waals surface area (Å²) in [4.78, 5) is 0. The van der Waals surface area contributed by atoms with E-state index in [0.29, 0.717) is 0 Å². The lowest BCUT2D eigenvalue weighted by Crippen LogP contribution is -2.76. The third kappa shape index (κ3) is 3.92. The lowest BCUT2D eigenvalue weighted by Gasteiger charge is -2.44.